The summed E-state index contributed by atoms with van der Waals surface area (Å²) in [5, 5.41) is 2.75. The normalized spacial score (nSPS) is 24.1. The highest BCUT2D eigenvalue weighted by molar-refractivity contribution is 5.47. The first-order chi connectivity index (χ1) is 8.78. The molecule has 1 aromatic heterocycles. The zero-order valence-corrected chi connectivity index (χ0v) is 10.7. The van der Waals surface area contributed by atoms with Gasteiger partial charge in [-0.1, -0.05) is 6.42 Å². The number of aryl methyl sites for hydroxylation is 1. The SMILES string of the molecule is Cc1ccnc(OC2CCCCC(N[C]=O)C2)c1. The Kier molecular flexibility index (Phi) is 4.56. The Morgan fingerprint density at radius 3 is 3.06 bits per heavy atom. The molecule has 1 radical (unpaired) electrons. The smallest absolute Gasteiger partial charge is 0.309 e. The van der Waals surface area contributed by atoms with E-state index in [2.05, 4.69) is 10.3 Å². The number of amides is 1. The number of rotatable bonds is 4. The van der Waals surface area contributed by atoms with Gasteiger partial charge in [-0.2, -0.15) is 0 Å². The van der Waals surface area contributed by atoms with E-state index in [-0.39, 0.29) is 12.1 Å². The number of ether oxygens (including phenoxy) is 1. The van der Waals surface area contributed by atoms with Crippen LogP contribution in [-0.4, -0.2) is 23.5 Å². The van der Waals surface area contributed by atoms with Crippen molar-refractivity contribution in [2.75, 3.05) is 0 Å². The lowest BCUT2D eigenvalue weighted by Crippen LogP contribution is -2.32. The van der Waals surface area contributed by atoms with Crippen LogP contribution in [0.3, 0.4) is 0 Å². The van der Waals surface area contributed by atoms with Gasteiger partial charge in [0.1, 0.15) is 6.10 Å². The predicted octanol–water partition coefficient (Wildman–Crippen LogP) is 2.13. The minimum absolute atomic E-state index is 0.132. The molecule has 1 amide bonds. The molecule has 97 valence electrons. The van der Waals surface area contributed by atoms with E-state index in [9.17, 15) is 4.79 Å². The number of nitrogens with one attached hydrogen (secondary N) is 1. The van der Waals surface area contributed by atoms with Crippen molar-refractivity contribution in [1.29, 1.82) is 0 Å². The minimum Gasteiger partial charge on any atom is -0.474 e. The van der Waals surface area contributed by atoms with Gasteiger partial charge >= 0.3 is 6.41 Å². The van der Waals surface area contributed by atoms with E-state index in [1.807, 2.05) is 19.1 Å². The van der Waals surface area contributed by atoms with Gasteiger partial charge in [0, 0.05) is 24.7 Å². The van der Waals surface area contributed by atoms with Crippen molar-refractivity contribution in [2.45, 2.75) is 51.2 Å². The first-order valence-corrected chi connectivity index (χ1v) is 6.50. The molecule has 1 saturated carbocycles. The quantitative estimate of drug-likeness (QED) is 0.655. The summed E-state index contributed by atoms with van der Waals surface area (Å²) in [7, 11) is 0. The Bertz CT molecular complexity index is 395. The summed E-state index contributed by atoms with van der Waals surface area (Å²) in [6.45, 7) is 2.02. The predicted molar refractivity (Wildman–Crippen MR) is 69.1 cm³/mol. The summed E-state index contributed by atoms with van der Waals surface area (Å²) in [6.07, 6.45) is 8.81. The average Bonchev–Trinajstić information content (AvgIpc) is 2.55. The summed E-state index contributed by atoms with van der Waals surface area (Å²) in [5.41, 5.74) is 1.14. The number of pyridine rings is 1. The number of aromatic nitrogens is 1. The Morgan fingerprint density at radius 1 is 1.44 bits per heavy atom. The third kappa shape index (κ3) is 3.72. The van der Waals surface area contributed by atoms with E-state index in [0.29, 0.717) is 5.88 Å². The fourth-order valence-electron chi connectivity index (χ4n) is 2.38. The van der Waals surface area contributed by atoms with E-state index in [1.54, 1.807) is 12.6 Å². The van der Waals surface area contributed by atoms with Crippen LogP contribution in [-0.2, 0) is 4.79 Å². The maximum Gasteiger partial charge on any atom is 0.309 e. The van der Waals surface area contributed by atoms with E-state index < -0.39 is 0 Å². The summed E-state index contributed by atoms with van der Waals surface area (Å²) < 4.78 is 5.91. The lowest BCUT2D eigenvalue weighted by atomic mass is 10.1. The van der Waals surface area contributed by atoms with Gasteiger partial charge < -0.3 is 10.1 Å². The lowest BCUT2D eigenvalue weighted by Gasteiger charge is -2.20. The molecule has 0 bridgehead atoms. The Hall–Kier alpha value is -1.58. The zero-order chi connectivity index (χ0) is 12.8. The van der Waals surface area contributed by atoms with Gasteiger partial charge in [0.05, 0.1) is 0 Å². The highest BCUT2D eigenvalue weighted by Crippen LogP contribution is 2.22. The first kappa shape index (κ1) is 12.9. The Labute approximate surface area is 108 Å². The van der Waals surface area contributed by atoms with Gasteiger partial charge in [-0.25, -0.2) is 4.98 Å². The fraction of sp³-hybridized carbons (Fsp3) is 0.571. The molecule has 2 unspecified atom stereocenters. The number of hydrogen-bond donors (Lipinski definition) is 1. The van der Waals surface area contributed by atoms with Crippen LogP contribution in [0.1, 0.15) is 37.7 Å². The van der Waals surface area contributed by atoms with Crippen molar-refractivity contribution < 1.29 is 9.53 Å². The van der Waals surface area contributed by atoms with Crippen LogP contribution in [0.4, 0.5) is 0 Å². The second kappa shape index (κ2) is 6.38. The van der Waals surface area contributed by atoms with Gasteiger partial charge in [0.15, 0.2) is 0 Å². The van der Waals surface area contributed by atoms with Gasteiger partial charge in [0.25, 0.3) is 0 Å². The molecule has 0 saturated heterocycles. The monoisotopic (exact) mass is 247 g/mol. The van der Waals surface area contributed by atoms with Crippen LogP contribution in [0.25, 0.3) is 0 Å². The fourth-order valence-corrected chi connectivity index (χ4v) is 2.38. The zero-order valence-electron chi connectivity index (χ0n) is 10.7. The van der Waals surface area contributed by atoms with Crippen molar-refractivity contribution in [2.24, 2.45) is 0 Å². The minimum atomic E-state index is 0.132. The van der Waals surface area contributed by atoms with Crippen LogP contribution in [0.15, 0.2) is 18.3 Å². The van der Waals surface area contributed by atoms with E-state index in [1.165, 1.54) is 0 Å². The lowest BCUT2D eigenvalue weighted by molar-refractivity contribution is 0.168. The standard InChI is InChI=1S/C14H19N2O2/c1-11-6-7-15-14(8-11)18-13-5-3-2-4-12(9-13)16-10-17/h6-8,12-13H,2-5,9H2,1H3,(H,16,17). The van der Waals surface area contributed by atoms with Crippen LogP contribution in [0.5, 0.6) is 5.88 Å². The number of carbonyl (C=O) groups excluding carboxylic acids is 1. The molecule has 18 heavy (non-hydrogen) atoms. The molecule has 1 heterocycles. The number of nitrogens with zero attached hydrogens (tertiary/aromatic N) is 1. The molecule has 4 nitrogen and oxygen atoms in total. The van der Waals surface area contributed by atoms with Crippen molar-refractivity contribution in [3.63, 3.8) is 0 Å². The summed E-state index contributed by atoms with van der Waals surface area (Å²) in [6, 6.07) is 4.07. The van der Waals surface area contributed by atoms with Gasteiger partial charge in [-0.15, -0.1) is 0 Å². The topological polar surface area (TPSA) is 51.2 Å². The molecule has 2 rings (SSSR count). The van der Waals surface area contributed by atoms with Gasteiger partial charge in [-0.05, 0) is 37.8 Å². The third-order valence-corrected chi connectivity index (χ3v) is 3.32. The van der Waals surface area contributed by atoms with Gasteiger partial charge in [-0.3, -0.25) is 4.79 Å². The summed E-state index contributed by atoms with van der Waals surface area (Å²) in [4.78, 5) is 14.6. The van der Waals surface area contributed by atoms with Crippen LogP contribution >= 0.6 is 0 Å². The molecule has 1 aromatic rings. The molecule has 0 aliphatic heterocycles. The molecular weight excluding hydrogens is 228 g/mol. The van der Waals surface area contributed by atoms with Gasteiger partial charge in [0.2, 0.25) is 5.88 Å². The first-order valence-electron chi connectivity index (χ1n) is 6.50. The van der Waals surface area contributed by atoms with Crippen molar-refractivity contribution >= 4 is 6.41 Å². The molecule has 1 aliphatic rings. The molecule has 0 aromatic carbocycles. The maximum absolute atomic E-state index is 10.4. The second-order valence-electron chi connectivity index (χ2n) is 4.87. The number of hydrogen-bond acceptors (Lipinski definition) is 3. The molecule has 1 fully saturated rings. The molecule has 2 atom stereocenters. The van der Waals surface area contributed by atoms with Crippen LogP contribution < -0.4 is 10.1 Å². The largest absolute Gasteiger partial charge is 0.474 e. The molecule has 1 N–H and O–H groups in total. The average molecular weight is 247 g/mol. The van der Waals surface area contributed by atoms with E-state index >= 15 is 0 Å². The van der Waals surface area contributed by atoms with Crippen LogP contribution in [0, 0.1) is 6.92 Å². The van der Waals surface area contributed by atoms with Crippen molar-refractivity contribution in [1.82, 2.24) is 10.3 Å². The maximum atomic E-state index is 10.4. The van der Waals surface area contributed by atoms with Crippen molar-refractivity contribution in [3.8, 4) is 5.88 Å². The summed E-state index contributed by atoms with van der Waals surface area (Å²) >= 11 is 0. The highest BCUT2D eigenvalue weighted by atomic mass is 16.5. The van der Waals surface area contributed by atoms with E-state index in [4.69, 9.17) is 4.74 Å². The second-order valence-corrected chi connectivity index (χ2v) is 4.87. The molecule has 1 aliphatic carbocycles. The Morgan fingerprint density at radius 2 is 2.28 bits per heavy atom. The summed E-state index contributed by atoms with van der Waals surface area (Å²) in [5.74, 6) is 0.677. The van der Waals surface area contributed by atoms with Crippen molar-refractivity contribution in [3.05, 3.63) is 23.9 Å². The Balaban J connectivity index is 1.96. The third-order valence-electron chi connectivity index (χ3n) is 3.32. The highest BCUT2D eigenvalue weighted by Gasteiger charge is 2.21. The molecule has 0 spiro atoms. The van der Waals surface area contributed by atoms with Crippen LogP contribution in [0.2, 0.25) is 0 Å². The van der Waals surface area contributed by atoms with E-state index in [0.717, 1.165) is 37.7 Å². The molecule has 4 heteroatoms. The molecular formula is C14H19N2O2.